The van der Waals surface area contributed by atoms with Crippen molar-refractivity contribution < 1.29 is 24.3 Å². The summed E-state index contributed by atoms with van der Waals surface area (Å²) < 4.78 is 0. The molecule has 1 N–H and O–H groups in total. The van der Waals surface area contributed by atoms with Crippen molar-refractivity contribution in [1.82, 2.24) is 0 Å². The molecule has 0 aromatic heterocycles. The fourth-order valence-corrected chi connectivity index (χ4v) is 4.97. The number of aryl methyl sites for hydroxylation is 1. The maximum atomic E-state index is 13.6. The van der Waals surface area contributed by atoms with Crippen molar-refractivity contribution in [3.05, 3.63) is 114 Å². The molecule has 4 aromatic rings. The Morgan fingerprint density at radius 2 is 1.46 bits per heavy atom. The van der Waals surface area contributed by atoms with Gasteiger partial charge in [-0.25, -0.2) is 0 Å². The lowest BCUT2D eigenvalue weighted by atomic mass is 9.98. The highest BCUT2D eigenvalue weighted by Crippen LogP contribution is 2.34. The van der Waals surface area contributed by atoms with Crippen LogP contribution in [-0.2, 0) is 9.59 Å². The van der Waals surface area contributed by atoms with Crippen molar-refractivity contribution in [2.45, 2.75) is 13.3 Å². The number of carbonyl (C=O) groups excluding carboxylic acids is 3. The Kier molecular flexibility index (Phi) is 7.65. The average molecular weight is 548 g/mol. The van der Waals surface area contributed by atoms with Crippen molar-refractivity contribution in [3.8, 4) is 11.1 Å². The minimum Gasteiger partial charge on any atom is -0.480 e. The van der Waals surface area contributed by atoms with Crippen LogP contribution in [-0.4, -0.2) is 48.9 Å². The summed E-state index contributed by atoms with van der Waals surface area (Å²) in [6.45, 7) is 1.64. The Morgan fingerprint density at radius 1 is 0.829 bits per heavy atom. The highest BCUT2D eigenvalue weighted by Gasteiger charge is 2.30. The zero-order valence-corrected chi connectivity index (χ0v) is 22.8. The van der Waals surface area contributed by atoms with Crippen molar-refractivity contribution in [1.29, 1.82) is 0 Å². The number of anilines is 3. The van der Waals surface area contributed by atoms with E-state index >= 15 is 0 Å². The largest absolute Gasteiger partial charge is 0.480 e. The standard InChI is InChI=1S/C33H29N3O5/c1-22-11-13-23(14-12-22)26-7-3-4-8-27(26)33(41)34(2)25-17-15-24(16-18-25)32(40)35-20-19-30(37)36(21-31(38)39)29-10-6-5-9-28(29)35/h3-18H,19-21H2,1-2H3,(H,38,39). The topological polar surface area (TPSA) is 98.2 Å². The molecule has 0 saturated carbocycles. The molecule has 0 spiro atoms. The Morgan fingerprint density at radius 3 is 2.15 bits per heavy atom. The first-order valence-corrected chi connectivity index (χ1v) is 13.2. The van der Waals surface area contributed by atoms with Crippen LogP contribution >= 0.6 is 0 Å². The van der Waals surface area contributed by atoms with E-state index in [2.05, 4.69) is 0 Å². The molecular formula is C33H29N3O5. The molecule has 5 rings (SSSR count). The SMILES string of the molecule is Cc1ccc(-c2ccccc2C(=O)N(C)c2ccc(C(=O)N3CCC(=O)N(CC(=O)O)c4ccccc43)cc2)cc1. The van der Waals surface area contributed by atoms with Crippen LogP contribution in [0.1, 0.15) is 32.7 Å². The van der Waals surface area contributed by atoms with Crippen LogP contribution in [0.15, 0.2) is 97.1 Å². The van der Waals surface area contributed by atoms with Gasteiger partial charge in [0, 0.05) is 36.8 Å². The highest BCUT2D eigenvalue weighted by atomic mass is 16.4. The maximum absolute atomic E-state index is 13.6. The molecule has 0 bridgehead atoms. The lowest BCUT2D eigenvalue weighted by Gasteiger charge is -2.25. The first-order chi connectivity index (χ1) is 19.7. The molecule has 41 heavy (non-hydrogen) atoms. The van der Waals surface area contributed by atoms with Gasteiger partial charge in [0.25, 0.3) is 11.8 Å². The summed E-state index contributed by atoms with van der Waals surface area (Å²) in [6.07, 6.45) is -0.0105. The number of carboxylic acid groups (broad SMARTS) is 1. The Balaban J connectivity index is 1.39. The van der Waals surface area contributed by atoms with Gasteiger partial charge in [0.15, 0.2) is 0 Å². The first-order valence-electron chi connectivity index (χ1n) is 13.2. The summed E-state index contributed by atoms with van der Waals surface area (Å²) in [7, 11) is 1.69. The average Bonchev–Trinajstić information content (AvgIpc) is 3.12. The Bertz CT molecular complexity index is 1630. The minimum absolute atomic E-state index is 0.0105. The summed E-state index contributed by atoms with van der Waals surface area (Å²) in [6, 6.07) is 29.0. The zero-order chi connectivity index (χ0) is 29.1. The second-order valence-corrected chi connectivity index (χ2v) is 9.89. The van der Waals surface area contributed by atoms with Crippen LogP contribution < -0.4 is 14.7 Å². The molecule has 0 unspecified atom stereocenters. The van der Waals surface area contributed by atoms with Crippen LogP contribution in [0.2, 0.25) is 0 Å². The molecule has 0 aliphatic carbocycles. The normalized spacial score (nSPS) is 12.9. The van der Waals surface area contributed by atoms with Crippen LogP contribution in [0.4, 0.5) is 17.1 Å². The van der Waals surface area contributed by atoms with Gasteiger partial charge in [-0.05, 0) is 60.5 Å². The van der Waals surface area contributed by atoms with Gasteiger partial charge in [0.2, 0.25) is 5.91 Å². The number of aliphatic carboxylic acids is 1. The predicted molar refractivity (Wildman–Crippen MR) is 159 cm³/mol. The summed E-state index contributed by atoms with van der Waals surface area (Å²) in [4.78, 5) is 55.5. The quantitative estimate of drug-likeness (QED) is 0.348. The van der Waals surface area contributed by atoms with Gasteiger partial charge in [-0.1, -0.05) is 60.2 Å². The van der Waals surface area contributed by atoms with Gasteiger partial charge in [0.05, 0.1) is 11.4 Å². The summed E-state index contributed by atoms with van der Waals surface area (Å²) in [5, 5.41) is 9.32. The third kappa shape index (κ3) is 5.58. The smallest absolute Gasteiger partial charge is 0.323 e. The maximum Gasteiger partial charge on any atom is 0.323 e. The van der Waals surface area contributed by atoms with Crippen LogP contribution in [0.3, 0.4) is 0 Å². The lowest BCUT2D eigenvalue weighted by Crippen LogP contribution is -2.35. The zero-order valence-electron chi connectivity index (χ0n) is 22.8. The molecule has 0 atom stereocenters. The van der Waals surface area contributed by atoms with E-state index in [-0.39, 0.29) is 30.7 Å². The van der Waals surface area contributed by atoms with E-state index in [1.54, 1.807) is 66.5 Å². The second kappa shape index (κ2) is 11.5. The van der Waals surface area contributed by atoms with E-state index in [4.69, 9.17) is 0 Å². The van der Waals surface area contributed by atoms with Crippen LogP contribution in [0, 0.1) is 6.92 Å². The second-order valence-electron chi connectivity index (χ2n) is 9.89. The van der Waals surface area contributed by atoms with Crippen molar-refractivity contribution in [2.24, 2.45) is 0 Å². The number of hydrogen-bond donors (Lipinski definition) is 1. The van der Waals surface area contributed by atoms with Crippen molar-refractivity contribution >= 4 is 40.8 Å². The molecule has 4 aromatic carbocycles. The third-order valence-electron chi connectivity index (χ3n) is 7.18. The van der Waals surface area contributed by atoms with E-state index in [0.717, 1.165) is 16.7 Å². The number of hydrogen-bond acceptors (Lipinski definition) is 4. The van der Waals surface area contributed by atoms with Gasteiger partial charge < -0.3 is 14.9 Å². The number of fused-ring (bicyclic) bond motifs is 1. The van der Waals surface area contributed by atoms with Gasteiger partial charge in [-0.15, -0.1) is 0 Å². The predicted octanol–water partition coefficient (Wildman–Crippen LogP) is 5.41. The molecule has 8 heteroatoms. The highest BCUT2D eigenvalue weighted by molar-refractivity contribution is 6.13. The molecule has 1 heterocycles. The van der Waals surface area contributed by atoms with Crippen LogP contribution in [0.25, 0.3) is 11.1 Å². The van der Waals surface area contributed by atoms with Crippen molar-refractivity contribution in [3.63, 3.8) is 0 Å². The number of carbonyl (C=O) groups is 4. The molecule has 1 aliphatic rings. The molecule has 0 fully saturated rings. The summed E-state index contributed by atoms with van der Waals surface area (Å²) in [5.74, 6) is -2.01. The molecule has 206 valence electrons. The Hall–Kier alpha value is -5.24. The van der Waals surface area contributed by atoms with Gasteiger partial charge in [0.1, 0.15) is 6.54 Å². The van der Waals surface area contributed by atoms with E-state index in [0.29, 0.717) is 28.2 Å². The molecular weight excluding hydrogens is 518 g/mol. The van der Waals surface area contributed by atoms with Gasteiger partial charge in [-0.2, -0.15) is 0 Å². The van der Waals surface area contributed by atoms with E-state index in [1.165, 1.54) is 9.80 Å². The van der Waals surface area contributed by atoms with Crippen molar-refractivity contribution in [2.75, 3.05) is 34.8 Å². The number of carboxylic acids is 1. The minimum atomic E-state index is -1.14. The lowest BCUT2D eigenvalue weighted by molar-refractivity contribution is -0.136. The van der Waals surface area contributed by atoms with E-state index in [9.17, 15) is 24.3 Å². The van der Waals surface area contributed by atoms with E-state index < -0.39 is 12.5 Å². The number of rotatable bonds is 6. The molecule has 1 aliphatic heterocycles. The third-order valence-corrected chi connectivity index (χ3v) is 7.18. The summed E-state index contributed by atoms with van der Waals surface area (Å²) in [5.41, 5.74) is 5.32. The molecule has 8 nitrogen and oxygen atoms in total. The molecule has 3 amide bonds. The van der Waals surface area contributed by atoms with Gasteiger partial charge >= 0.3 is 5.97 Å². The summed E-state index contributed by atoms with van der Waals surface area (Å²) >= 11 is 0. The van der Waals surface area contributed by atoms with E-state index in [1.807, 2.05) is 49.4 Å². The molecule has 0 radical (unpaired) electrons. The fourth-order valence-electron chi connectivity index (χ4n) is 4.97. The fraction of sp³-hybridized carbons (Fsp3) is 0.152. The number of benzene rings is 4. The number of amides is 3. The monoisotopic (exact) mass is 547 g/mol. The Labute approximate surface area is 238 Å². The molecule has 0 saturated heterocycles. The number of nitrogens with zero attached hydrogens (tertiary/aromatic N) is 3. The first kappa shape index (κ1) is 27.3. The van der Waals surface area contributed by atoms with Crippen LogP contribution in [0.5, 0.6) is 0 Å². The number of para-hydroxylation sites is 2. The van der Waals surface area contributed by atoms with Gasteiger partial charge in [-0.3, -0.25) is 24.1 Å².